The lowest BCUT2D eigenvalue weighted by Crippen LogP contribution is -2.39. The number of Topliss-reactive ketones (excluding diaryl/α,β-unsaturated/α-hetero) is 1. The standard InChI is InChI=1S/C31H33NO2/c1-3-5-21-32(22-6-4-2)31(34)29(27-19-11-15-23-13-7-9-17-25(23)27)30(33)28-20-12-16-24-14-8-10-18-26(24)28/h7-20,29H,3-6,21-22H2,1-2H3. The first kappa shape index (κ1) is 23.7. The SMILES string of the molecule is CCCCN(CCCC)C(=O)C(C(=O)c1cccc2ccccc12)c1cccc2ccccc12. The summed E-state index contributed by atoms with van der Waals surface area (Å²) in [5, 5.41) is 3.90. The molecule has 3 nitrogen and oxygen atoms in total. The molecule has 0 aromatic heterocycles. The van der Waals surface area contributed by atoms with Gasteiger partial charge in [0, 0.05) is 18.7 Å². The van der Waals surface area contributed by atoms with Crippen molar-refractivity contribution in [3.63, 3.8) is 0 Å². The van der Waals surface area contributed by atoms with Crippen LogP contribution in [0.2, 0.25) is 0 Å². The molecule has 0 spiro atoms. The largest absolute Gasteiger partial charge is 0.342 e. The van der Waals surface area contributed by atoms with E-state index in [0.29, 0.717) is 18.7 Å². The van der Waals surface area contributed by atoms with Crippen molar-refractivity contribution in [3.8, 4) is 0 Å². The second-order valence-electron chi connectivity index (χ2n) is 8.92. The Kier molecular flexibility index (Phi) is 7.74. The summed E-state index contributed by atoms with van der Waals surface area (Å²) in [6.45, 7) is 5.62. The van der Waals surface area contributed by atoms with Crippen LogP contribution in [0.25, 0.3) is 21.5 Å². The van der Waals surface area contributed by atoms with Crippen molar-refractivity contribution >= 4 is 33.2 Å². The zero-order chi connectivity index (χ0) is 23.9. The normalized spacial score (nSPS) is 12.1. The smallest absolute Gasteiger partial charge is 0.238 e. The molecule has 0 aliphatic carbocycles. The highest BCUT2D eigenvalue weighted by Gasteiger charge is 2.34. The maximum atomic E-state index is 14.2. The predicted octanol–water partition coefficient (Wildman–Crippen LogP) is 7.39. The lowest BCUT2D eigenvalue weighted by molar-refractivity contribution is -0.131. The number of fused-ring (bicyclic) bond motifs is 2. The molecule has 4 rings (SSSR count). The lowest BCUT2D eigenvalue weighted by Gasteiger charge is -2.28. The minimum Gasteiger partial charge on any atom is -0.342 e. The van der Waals surface area contributed by atoms with E-state index in [1.807, 2.05) is 89.8 Å². The number of rotatable bonds is 10. The van der Waals surface area contributed by atoms with E-state index in [2.05, 4.69) is 13.8 Å². The second kappa shape index (κ2) is 11.1. The minimum absolute atomic E-state index is 0.0869. The van der Waals surface area contributed by atoms with E-state index < -0.39 is 5.92 Å². The van der Waals surface area contributed by atoms with Gasteiger partial charge in [0.15, 0.2) is 5.78 Å². The van der Waals surface area contributed by atoms with Crippen molar-refractivity contribution in [3.05, 3.63) is 96.1 Å². The maximum absolute atomic E-state index is 14.2. The second-order valence-corrected chi connectivity index (χ2v) is 8.92. The van der Waals surface area contributed by atoms with Gasteiger partial charge in [-0.15, -0.1) is 0 Å². The van der Waals surface area contributed by atoms with Gasteiger partial charge in [-0.3, -0.25) is 9.59 Å². The fourth-order valence-electron chi connectivity index (χ4n) is 4.70. The van der Waals surface area contributed by atoms with Crippen LogP contribution in [0.3, 0.4) is 0 Å². The summed E-state index contributed by atoms with van der Waals surface area (Å²) < 4.78 is 0. The van der Waals surface area contributed by atoms with Gasteiger partial charge in [-0.25, -0.2) is 0 Å². The van der Waals surface area contributed by atoms with Crippen molar-refractivity contribution < 1.29 is 9.59 Å². The van der Waals surface area contributed by atoms with E-state index >= 15 is 0 Å². The number of ketones is 1. The van der Waals surface area contributed by atoms with Crippen LogP contribution in [0.1, 0.15) is 61.4 Å². The van der Waals surface area contributed by atoms with Crippen LogP contribution >= 0.6 is 0 Å². The zero-order valence-electron chi connectivity index (χ0n) is 20.2. The van der Waals surface area contributed by atoms with E-state index in [1.54, 1.807) is 0 Å². The Morgan fingerprint density at radius 1 is 0.676 bits per heavy atom. The van der Waals surface area contributed by atoms with E-state index in [1.165, 1.54) is 0 Å². The Labute approximate surface area is 202 Å². The number of nitrogens with zero attached hydrogens (tertiary/aromatic N) is 1. The molecule has 0 heterocycles. The fourth-order valence-corrected chi connectivity index (χ4v) is 4.70. The van der Waals surface area contributed by atoms with Gasteiger partial charge in [-0.05, 0) is 39.9 Å². The molecule has 174 valence electrons. The van der Waals surface area contributed by atoms with Crippen molar-refractivity contribution in [2.45, 2.75) is 45.4 Å². The number of benzene rings is 4. The van der Waals surface area contributed by atoms with Gasteiger partial charge in [-0.1, -0.05) is 112 Å². The van der Waals surface area contributed by atoms with E-state index in [-0.39, 0.29) is 11.7 Å². The van der Waals surface area contributed by atoms with Crippen LogP contribution in [0.5, 0.6) is 0 Å². The van der Waals surface area contributed by atoms with E-state index in [4.69, 9.17) is 0 Å². The Bertz CT molecular complexity index is 1270. The third-order valence-electron chi connectivity index (χ3n) is 6.57. The number of unbranched alkanes of at least 4 members (excludes halogenated alkanes) is 2. The molecule has 0 saturated heterocycles. The van der Waals surface area contributed by atoms with Crippen LogP contribution in [0, 0.1) is 0 Å². The zero-order valence-corrected chi connectivity index (χ0v) is 20.2. The molecular formula is C31H33NO2. The molecule has 0 saturated carbocycles. The molecule has 4 aromatic rings. The third-order valence-corrected chi connectivity index (χ3v) is 6.57. The summed E-state index contributed by atoms with van der Waals surface area (Å²) >= 11 is 0. The van der Waals surface area contributed by atoms with Gasteiger partial charge in [0.25, 0.3) is 0 Å². The lowest BCUT2D eigenvalue weighted by atomic mass is 9.84. The molecule has 0 bridgehead atoms. The van der Waals surface area contributed by atoms with Gasteiger partial charge in [0.1, 0.15) is 5.92 Å². The quantitative estimate of drug-likeness (QED) is 0.186. The molecule has 0 aliphatic heterocycles. The summed E-state index contributed by atoms with van der Waals surface area (Å²) in [5.41, 5.74) is 1.40. The molecule has 0 fully saturated rings. The molecule has 34 heavy (non-hydrogen) atoms. The first-order chi connectivity index (χ1) is 16.7. The van der Waals surface area contributed by atoms with Crippen LogP contribution in [-0.2, 0) is 4.79 Å². The summed E-state index contributed by atoms with van der Waals surface area (Å²) in [4.78, 5) is 30.3. The first-order valence-corrected chi connectivity index (χ1v) is 12.4. The van der Waals surface area contributed by atoms with Crippen molar-refractivity contribution in [2.75, 3.05) is 13.1 Å². The number of carbonyl (C=O) groups excluding carboxylic acids is 2. The third kappa shape index (κ3) is 4.89. The van der Waals surface area contributed by atoms with Gasteiger partial charge in [0.2, 0.25) is 5.91 Å². The van der Waals surface area contributed by atoms with E-state index in [9.17, 15) is 9.59 Å². The highest BCUT2D eigenvalue weighted by molar-refractivity contribution is 6.20. The average Bonchev–Trinajstić information content (AvgIpc) is 2.88. The number of hydrogen-bond acceptors (Lipinski definition) is 2. The molecule has 4 aromatic carbocycles. The average molecular weight is 452 g/mol. The molecule has 1 atom stereocenters. The maximum Gasteiger partial charge on any atom is 0.238 e. The number of hydrogen-bond donors (Lipinski definition) is 0. The Morgan fingerprint density at radius 2 is 1.21 bits per heavy atom. The fraction of sp³-hybridized carbons (Fsp3) is 0.290. The van der Waals surface area contributed by atoms with Crippen LogP contribution in [0.4, 0.5) is 0 Å². The Balaban J connectivity index is 1.87. The molecule has 1 amide bonds. The molecule has 0 aliphatic rings. The number of carbonyl (C=O) groups is 2. The highest BCUT2D eigenvalue weighted by Crippen LogP contribution is 2.32. The van der Waals surface area contributed by atoms with Crippen molar-refractivity contribution in [1.29, 1.82) is 0 Å². The van der Waals surface area contributed by atoms with Gasteiger partial charge in [-0.2, -0.15) is 0 Å². The summed E-state index contributed by atoms with van der Waals surface area (Å²) in [7, 11) is 0. The Hall–Kier alpha value is -3.46. The van der Waals surface area contributed by atoms with Gasteiger partial charge in [0.05, 0.1) is 0 Å². The van der Waals surface area contributed by atoms with Crippen LogP contribution < -0.4 is 0 Å². The molecule has 1 unspecified atom stereocenters. The van der Waals surface area contributed by atoms with Crippen LogP contribution in [-0.4, -0.2) is 29.7 Å². The number of amides is 1. The summed E-state index contributed by atoms with van der Waals surface area (Å²) in [5.74, 6) is -1.09. The first-order valence-electron chi connectivity index (χ1n) is 12.4. The van der Waals surface area contributed by atoms with Gasteiger partial charge < -0.3 is 4.90 Å². The van der Waals surface area contributed by atoms with Crippen molar-refractivity contribution in [1.82, 2.24) is 4.90 Å². The molecule has 0 N–H and O–H groups in total. The van der Waals surface area contributed by atoms with Crippen molar-refractivity contribution in [2.24, 2.45) is 0 Å². The molecular weight excluding hydrogens is 418 g/mol. The summed E-state index contributed by atoms with van der Waals surface area (Å²) in [6, 6.07) is 27.6. The monoisotopic (exact) mass is 451 g/mol. The van der Waals surface area contributed by atoms with E-state index in [0.717, 1.165) is 52.8 Å². The summed E-state index contributed by atoms with van der Waals surface area (Å²) in [6.07, 6.45) is 3.87. The minimum atomic E-state index is -0.870. The predicted molar refractivity (Wildman–Crippen MR) is 141 cm³/mol. The van der Waals surface area contributed by atoms with Crippen LogP contribution in [0.15, 0.2) is 84.9 Å². The topological polar surface area (TPSA) is 37.4 Å². The molecule has 3 heteroatoms. The Morgan fingerprint density at radius 3 is 1.85 bits per heavy atom. The van der Waals surface area contributed by atoms with Gasteiger partial charge >= 0.3 is 0 Å². The highest BCUT2D eigenvalue weighted by atomic mass is 16.2. The molecule has 0 radical (unpaired) electrons.